The van der Waals surface area contributed by atoms with Crippen LogP contribution in [0.5, 0.6) is 0 Å². The third kappa shape index (κ3) is 8.05. The van der Waals surface area contributed by atoms with Gasteiger partial charge in [-0.15, -0.1) is 35.3 Å². The summed E-state index contributed by atoms with van der Waals surface area (Å²) in [7, 11) is 6.00. The van der Waals surface area contributed by atoms with Gasteiger partial charge < -0.3 is 15.5 Å². The van der Waals surface area contributed by atoms with Crippen molar-refractivity contribution in [2.75, 3.05) is 21.1 Å². The van der Waals surface area contributed by atoms with Crippen molar-refractivity contribution in [3.63, 3.8) is 0 Å². The van der Waals surface area contributed by atoms with E-state index in [0.717, 1.165) is 25.5 Å². The number of nitrogens with one attached hydrogen (secondary N) is 2. The summed E-state index contributed by atoms with van der Waals surface area (Å²) in [5, 5.41) is 6.90. The molecule has 1 unspecified atom stereocenters. The van der Waals surface area contributed by atoms with E-state index in [1.165, 1.54) is 20.9 Å². The van der Waals surface area contributed by atoms with E-state index in [4.69, 9.17) is 0 Å². The van der Waals surface area contributed by atoms with E-state index in [-0.39, 0.29) is 24.0 Å². The zero-order chi connectivity index (χ0) is 18.2. The minimum absolute atomic E-state index is 0. The second kappa shape index (κ2) is 11.6. The van der Waals surface area contributed by atoms with Gasteiger partial charge in [-0.3, -0.25) is 4.99 Å². The average molecular weight is 486 g/mol. The summed E-state index contributed by atoms with van der Waals surface area (Å²) in [4.78, 5) is 9.30. The van der Waals surface area contributed by atoms with E-state index in [2.05, 4.69) is 84.9 Å². The fourth-order valence-corrected chi connectivity index (χ4v) is 3.78. The molecule has 0 aliphatic heterocycles. The van der Waals surface area contributed by atoms with Gasteiger partial charge >= 0.3 is 0 Å². The van der Waals surface area contributed by atoms with Crippen LogP contribution in [-0.4, -0.2) is 38.0 Å². The Balaban J connectivity index is 0.00000338. The molecule has 2 aromatic rings. The molecule has 26 heavy (non-hydrogen) atoms. The molecule has 4 nitrogen and oxygen atoms in total. The molecule has 0 spiro atoms. The molecule has 2 rings (SSSR count). The Hall–Kier alpha value is -1.12. The predicted molar refractivity (Wildman–Crippen MR) is 125 cm³/mol. The minimum atomic E-state index is 0. The van der Waals surface area contributed by atoms with Crippen molar-refractivity contribution in [3.8, 4) is 0 Å². The maximum Gasteiger partial charge on any atom is 0.191 e. The smallest absolute Gasteiger partial charge is 0.191 e. The molecule has 0 fully saturated rings. The van der Waals surface area contributed by atoms with Crippen molar-refractivity contribution in [1.29, 1.82) is 0 Å². The van der Waals surface area contributed by atoms with Crippen LogP contribution in [0.1, 0.15) is 27.8 Å². The number of nitrogens with zero attached hydrogens (tertiary/aromatic N) is 2. The van der Waals surface area contributed by atoms with E-state index >= 15 is 0 Å². The second-order valence-electron chi connectivity index (χ2n) is 6.75. The fourth-order valence-electron chi connectivity index (χ4n) is 2.76. The summed E-state index contributed by atoms with van der Waals surface area (Å²) in [6.07, 6.45) is 1.01. The van der Waals surface area contributed by atoms with Crippen LogP contribution in [0.15, 0.2) is 41.4 Å². The first-order valence-electron chi connectivity index (χ1n) is 8.71. The van der Waals surface area contributed by atoms with Gasteiger partial charge in [0.05, 0.1) is 0 Å². The van der Waals surface area contributed by atoms with Gasteiger partial charge in [-0.25, -0.2) is 0 Å². The molecule has 144 valence electrons. The molecule has 2 N–H and O–H groups in total. The molecule has 1 atom stereocenters. The minimum Gasteiger partial charge on any atom is -0.354 e. The SMILES string of the molecule is CN=C(NCc1cccc(CN(C)C)c1)NC(C)Cc1ccc(C)s1.I. The third-order valence-electron chi connectivity index (χ3n) is 3.86. The lowest BCUT2D eigenvalue weighted by molar-refractivity contribution is 0.402. The topological polar surface area (TPSA) is 39.7 Å². The fraction of sp³-hybridized carbons (Fsp3) is 0.450. The first kappa shape index (κ1) is 22.9. The molecule has 1 aromatic carbocycles. The van der Waals surface area contributed by atoms with Gasteiger partial charge in [-0.2, -0.15) is 0 Å². The summed E-state index contributed by atoms with van der Waals surface area (Å²) < 4.78 is 0. The molecule has 0 amide bonds. The summed E-state index contributed by atoms with van der Waals surface area (Å²) in [6, 6.07) is 13.4. The van der Waals surface area contributed by atoms with E-state index in [0.29, 0.717) is 6.04 Å². The number of thiophene rings is 1. The number of guanidine groups is 1. The Morgan fingerprint density at radius 3 is 2.54 bits per heavy atom. The molecule has 1 heterocycles. The zero-order valence-corrected chi connectivity index (χ0v) is 19.5. The predicted octanol–water partition coefficient (Wildman–Crippen LogP) is 4.03. The van der Waals surface area contributed by atoms with Crippen LogP contribution in [0, 0.1) is 6.92 Å². The van der Waals surface area contributed by atoms with Crippen LogP contribution < -0.4 is 10.6 Å². The van der Waals surface area contributed by atoms with Crippen LogP contribution in [0.2, 0.25) is 0 Å². The van der Waals surface area contributed by atoms with Crippen LogP contribution in [-0.2, 0) is 19.5 Å². The van der Waals surface area contributed by atoms with Crippen LogP contribution in [0.4, 0.5) is 0 Å². The van der Waals surface area contributed by atoms with Crippen molar-refractivity contribution in [3.05, 3.63) is 57.3 Å². The number of rotatable bonds is 7. The number of benzene rings is 1. The van der Waals surface area contributed by atoms with E-state index in [9.17, 15) is 0 Å². The van der Waals surface area contributed by atoms with Crippen LogP contribution in [0.3, 0.4) is 0 Å². The van der Waals surface area contributed by atoms with Gasteiger partial charge in [-0.05, 0) is 51.2 Å². The first-order valence-corrected chi connectivity index (χ1v) is 9.53. The van der Waals surface area contributed by atoms with Crippen molar-refractivity contribution in [2.24, 2.45) is 4.99 Å². The van der Waals surface area contributed by atoms with Gasteiger partial charge in [-0.1, -0.05) is 24.3 Å². The first-order chi connectivity index (χ1) is 12.0. The summed E-state index contributed by atoms with van der Waals surface area (Å²) in [6.45, 7) is 6.07. The van der Waals surface area contributed by atoms with Gasteiger partial charge in [0, 0.05) is 42.4 Å². The van der Waals surface area contributed by atoms with Crippen molar-refractivity contribution >= 4 is 41.3 Å². The van der Waals surface area contributed by atoms with Crippen molar-refractivity contribution < 1.29 is 0 Å². The molecule has 1 aromatic heterocycles. The Kier molecular flexibility index (Phi) is 10.2. The highest BCUT2D eigenvalue weighted by Gasteiger charge is 2.08. The second-order valence-corrected chi connectivity index (χ2v) is 8.12. The largest absolute Gasteiger partial charge is 0.354 e. The van der Waals surface area contributed by atoms with Crippen molar-refractivity contribution in [1.82, 2.24) is 15.5 Å². The normalized spacial score (nSPS) is 12.6. The maximum atomic E-state index is 4.35. The lowest BCUT2D eigenvalue weighted by Gasteiger charge is -2.18. The standard InChI is InChI=1S/C20H30N4S.HI/c1-15(11-19-10-9-16(2)25-19)23-20(21-3)22-13-17-7-6-8-18(12-17)14-24(4)5;/h6-10,12,15H,11,13-14H2,1-5H3,(H2,21,22,23);1H. The van der Waals surface area contributed by atoms with Gasteiger partial charge in [0.2, 0.25) is 0 Å². The molecule has 0 radical (unpaired) electrons. The highest BCUT2D eigenvalue weighted by molar-refractivity contribution is 14.0. The Morgan fingerprint density at radius 1 is 1.19 bits per heavy atom. The highest BCUT2D eigenvalue weighted by Crippen LogP contribution is 2.16. The molecule has 0 aliphatic rings. The van der Waals surface area contributed by atoms with E-state index < -0.39 is 0 Å². The Labute approximate surface area is 179 Å². The Bertz CT molecular complexity index is 697. The third-order valence-corrected chi connectivity index (χ3v) is 4.88. The number of hydrogen-bond acceptors (Lipinski definition) is 3. The molecule has 6 heteroatoms. The summed E-state index contributed by atoms with van der Waals surface area (Å²) in [5.41, 5.74) is 2.59. The highest BCUT2D eigenvalue weighted by atomic mass is 127. The number of halogens is 1. The lowest BCUT2D eigenvalue weighted by atomic mass is 10.1. The van der Waals surface area contributed by atoms with Crippen LogP contribution in [0.25, 0.3) is 0 Å². The molecule has 0 bridgehead atoms. The van der Waals surface area contributed by atoms with Gasteiger partial charge in [0.1, 0.15) is 0 Å². The quantitative estimate of drug-likeness (QED) is 0.353. The zero-order valence-electron chi connectivity index (χ0n) is 16.4. The van der Waals surface area contributed by atoms with E-state index in [1.54, 1.807) is 0 Å². The average Bonchev–Trinajstić information content (AvgIpc) is 2.96. The summed E-state index contributed by atoms with van der Waals surface area (Å²) >= 11 is 1.86. The molecule has 0 aliphatic carbocycles. The van der Waals surface area contributed by atoms with Gasteiger partial charge in [0.15, 0.2) is 5.96 Å². The lowest BCUT2D eigenvalue weighted by Crippen LogP contribution is -2.42. The number of hydrogen-bond donors (Lipinski definition) is 2. The van der Waals surface area contributed by atoms with E-state index in [1.807, 2.05) is 18.4 Å². The molecular formula is C20H31IN4S. The molecule has 0 saturated heterocycles. The summed E-state index contributed by atoms with van der Waals surface area (Å²) in [5.74, 6) is 0.846. The van der Waals surface area contributed by atoms with Gasteiger partial charge in [0.25, 0.3) is 0 Å². The molecule has 0 saturated carbocycles. The number of aryl methyl sites for hydroxylation is 1. The van der Waals surface area contributed by atoms with Crippen LogP contribution >= 0.6 is 35.3 Å². The Morgan fingerprint density at radius 2 is 1.92 bits per heavy atom. The molecular weight excluding hydrogens is 455 g/mol. The monoisotopic (exact) mass is 486 g/mol. The maximum absolute atomic E-state index is 4.35. The number of aliphatic imine (C=N–C) groups is 1. The van der Waals surface area contributed by atoms with Crippen molar-refractivity contribution in [2.45, 2.75) is 39.4 Å².